The third-order valence-corrected chi connectivity index (χ3v) is 3.80. The monoisotopic (exact) mass is 307 g/mol. The van der Waals surface area contributed by atoms with Gasteiger partial charge in [-0.05, 0) is 25.1 Å². The average Bonchev–Trinajstić information content (AvgIpc) is 3.04. The molecule has 0 atom stereocenters. The number of benzene rings is 1. The van der Waals surface area contributed by atoms with Crippen LogP contribution in [-0.4, -0.2) is 31.3 Å². The zero-order valence-electron chi connectivity index (χ0n) is 12.6. The Kier molecular flexibility index (Phi) is 2.87. The molecule has 0 fully saturated rings. The molecule has 0 bridgehead atoms. The highest BCUT2D eigenvalue weighted by molar-refractivity contribution is 5.79. The second kappa shape index (κ2) is 4.91. The Morgan fingerprint density at radius 3 is 2.83 bits per heavy atom. The van der Waals surface area contributed by atoms with Gasteiger partial charge in [0.1, 0.15) is 12.1 Å². The minimum Gasteiger partial charge on any atom is -0.495 e. The maximum Gasteiger partial charge on any atom is 0.266 e. The van der Waals surface area contributed by atoms with Crippen LogP contribution in [0.25, 0.3) is 22.4 Å². The fraction of sp³-hybridized carbons (Fsp3) is 0.125. The average molecular weight is 307 g/mol. The fourth-order valence-corrected chi connectivity index (χ4v) is 2.76. The highest BCUT2D eigenvalue weighted by Crippen LogP contribution is 2.23. The zero-order valence-corrected chi connectivity index (χ0v) is 12.6. The summed E-state index contributed by atoms with van der Waals surface area (Å²) >= 11 is 0. The molecule has 0 amide bonds. The lowest BCUT2D eigenvalue weighted by atomic mass is 10.2. The van der Waals surface area contributed by atoms with E-state index in [4.69, 9.17) is 4.74 Å². The van der Waals surface area contributed by atoms with E-state index < -0.39 is 0 Å². The first-order chi connectivity index (χ1) is 11.2. The predicted molar refractivity (Wildman–Crippen MR) is 85.2 cm³/mol. The lowest BCUT2D eigenvalue weighted by molar-refractivity contribution is 0.412. The van der Waals surface area contributed by atoms with Crippen molar-refractivity contribution in [2.75, 3.05) is 7.11 Å². The van der Waals surface area contributed by atoms with Crippen molar-refractivity contribution in [3.05, 3.63) is 58.9 Å². The maximum atomic E-state index is 13.0. The number of hydrogen-bond donors (Lipinski definition) is 0. The van der Waals surface area contributed by atoms with E-state index in [1.165, 1.54) is 12.5 Å². The first-order valence-electron chi connectivity index (χ1n) is 7.05. The summed E-state index contributed by atoms with van der Waals surface area (Å²) in [6.07, 6.45) is 2.95. The van der Waals surface area contributed by atoms with Crippen LogP contribution in [0.5, 0.6) is 5.75 Å². The molecule has 0 aliphatic heterocycles. The summed E-state index contributed by atoms with van der Waals surface area (Å²) in [5, 5.41) is 4.61. The summed E-state index contributed by atoms with van der Waals surface area (Å²) in [6.45, 7) is 1.87. The van der Waals surface area contributed by atoms with Gasteiger partial charge >= 0.3 is 0 Å². The number of methoxy groups -OCH3 is 1. The number of aryl methyl sites for hydroxylation is 1. The summed E-state index contributed by atoms with van der Waals surface area (Å²) < 4.78 is 8.56. The molecule has 0 N–H and O–H groups in total. The van der Waals surface area contributed by atoms with Gasteiger partial charge in [0.15, 0.2) is 0 Å². The Bertz CT molecular complexity index is 1100. The molecule has 0 saturated carbocycles. The third-order valence-electron chi connectivity index (χ3n) is 3.80. The normalized spacial score (nSPS) is 11.2. The van der Waals surface area contributed by atoms with Gasteiger partial charge in [-0.1, -0.05) is 12.1 Å². The van der Waals surface area contributed by atoms with Crippen LogP contribution in [0.1, 0.15) is 5.69 Å². The first kappa shape index (κ1) is 13.4. The Hall–Kier alpha value is -3.22. The van der Waals surface area contributed by atoms with Crippen molar-refractivity contribution >= 4 is 16.7 Å². The van der Waals surface area contributed by atoms with E-state index in [0.717, 1.165) is 5.69 Å². The van der Waals surface area contributed by atoms with E-state index in [1.807, 2.05) is 37.3 Å². The Labute approximate surface area is 130 Å². The standard InChI is InChI=1S/C16H13N5O2/c1-10-7-13-11(8-17-16-18-9-19-21(13)16)15(22)20(10)12-5-3-4-6-14(12)23-2/h3-9H,1-2H3. The van der Waals surface area contributed by atoms with Crippen molar-refractivity contribution in [3.63, 3.8) is 0 Å². The molecule has 0 unspecified atom stereocenters. The van der Waals surface area contributed by atoms with Crippen LogP contribution in [-0.2, 0) is 0 Å². The van der Waals surface area contributed by atoms with Crippen molar-refractivity contribution in [1.82, 2.24) is 24.1 Å². The summed E-state index contributed by atoms with van der Waals surface area (Å²) in [6, 6.07) is 9.30. The van der Waals surface area contributed by atoms with Crippen LogP contribution < -0.4 is 10.3 Å². The smallest absolute Gasteiger partial charge is 0.266 e. The highest BCUT2D eigenvalue weighted by Gasteiger charge is 2.14. The maximum absolute atomic E-state index is 13.0. The quantitative estimate of drug-likeness (QED) is 0.564. The number of nitrogens with zero attached hydrogens (tertiary/aromatic N) is 5. The SMILES string of the molecule is COc1ccccc1-n1c(C)cc2c(cnc3ncnn32)c1=O. The van der Waals surface area contributed by atoms with Crippen LogP contribution in [0.4, 0.5) is 0 Å². The summed E-state index contributed by atoms with van der Waals surface area (Å²) in [4.78, 5) is 21.2. The van der Waals surface area contributed by atoms with Gasteiger partial charge in [0.05, 0.1) is 23.7 Å². The molecule has 0 aliphatic carbocycles. The van der Waals surface area contributed by atoms with Crippen LogP contribution in [0.2, 0.25) is 0 Å². The van der Waals surface area contributed by atoms with Crippen molar-refractivity contribution in [2.45, 2.75) is 6.92 Å². The topological polar surface area (TPSA) is 74.3 Å². The molecule has 4 rings (SSSR count). The van der Waals surface area contributed by atoms with E-state index in [0.29, 0.717) is 28.1 Å². The van der Waals surface area contributed by atoms with Gasteiger partial charge in [0.25, 0.3) is 11.3 Å². The molecule has 0 aliphatic rings. The van der Waals surface area contributed by atoms with Gasteiger partial charge < -0.3 is 4.74 Å². The summed E-state index contributed by atoms with van der Waals surface area (Å²) in [5.41, 5.74) is 1.98. The van der Waals surface area contributed by atoms with E-state index >= 15 is 0 Å². The van der Waals surface area contributed by atoms with E-state index in [-0.39, 0.29) is 5.56 Å². The lowest BCUT2D eigenvalue weighted by Gasteiger charge is -2.14. The first-order valence-corrected chi connectivity index (χ1v) is 7.05. The van der Waals surface area contributed by atoms with Gasteiger partial charge in [-0.25, -0.2) is 4.98 Å². The van der Waals surface area contributed by atoms with Gasteiger partial charge in [0.2, 0.25) is 0 Å². The van der Waals surface area contributed by atoms with E-state index in [1.54, 1.807) is 16.2 Å². The second-order valence-corrected chi connectivity index (χ2v) is 5.13. The number of pyridine rings is 1. The van der Waals surface area contributed by atoms with Crippen molar-refractivity contribution in [3.8, 4) is 11.4 Å². The van der Waals surface area contributed by atoms with Crippen molar-refractivity contribution < 1.29 is 4.74 Å². The minimum atomic E-state index is -0.172. The van der Waals surface area contributed by atoms with Crippen LogP contribution in [0, 0.1) is 6.92 Å². The number of aromatic nitrogens is 5. The molecule has 3 aromatic heterocycles. The molecular formula is C16H13N5O2. The number of rotatable bonds is 2. The Balaban J connectivity index is 2.13. The van der Waals surface area contributed by atoms with Gasteiger partial charge in [-0.2, -0.15) is 14.6 Å². The second-order valence-electron chi connectivity index (χ2n) is 5.13. The summed E-state index contributed by atoms with van der Waals surface area (Å²) in [5.74, 6) is 1.10. The molecule has 23 heavy (non-hydrogen) atoms. The molecular weight excluding hydrogens is 294 g/mol. The van der Waals surface area contributed by atoms with Crippen LogP contribution >= 0.6 is 0 Å². The number of hydrogen-bond acceptors (Lipinski definition) is 5. The lowest BCUT2D eigenvalue weighted by Crippen LogP contribution is -2.22. The van der Waals surface area contributed by atoms with Gasteiger partial charge in [-0.15, -0.1) is 0 Å². The largest absolute Gasteiger partial charge is 0.495 e. The molecule has 0 radical (unpaired) electrons. The minimum absolute atomic E-state index is 0.172. The summed E-state index contributed by atoms with van der Waals surface area (Å²) in [7, 11) is 1.58. The number of ether oxygens (including phenoxy) is 1. The number of para-hydroxylation sites is 2. The molecule has 0 saturated heterocycles. The van der Waals surface area contributed by atoms with Crippen molar-refractivity contribution in [1.29, 1.82) is 0 Å². The molecule has 7 heteroatoms. The zero-order chi connectivity index (χ0) is 16.0. The van der Waals surface area contributed by atoms with Crippen LogP contribution in [0.15, 0.2) is 47.7 Å². The molecule has 7 nitrogen and oxygen atoms in total. The van der Waals surface area contributed by atoms with Crippen LogP contribution in [0.3, 0.4) is 0 Å². The Morgan fingerprint density at radius 1 is 1.17 bits per heavy atom. The third kappa shape index (κ3) is 1.90. The van der Waals surface area contributed by atoms with E-state index in [9.17, 15) is 4.79 Å². The van der Waals surface area contributed by atoms with Crippen molar-refractivity contribution in [2.24, 2.45) is 0 Å². The molecule has 1 aromatic carbocycles. The highest BCUT2D eigenvalue weighted by atomic mass is 16.5. The molecule has 0 spiro atoms. The molecule has 4 aromatic rings. The van der Waals surface area contributed by atoms with Gasteiger partial charge in [0, 0.05) is 11.9 Å². The van der Waals surface area contributed by atoms with Gasteiger partial charge in [-0.3, -0.25) is 9.36 Å². The van der Waals surface area contributed by atoms with E-state index in [2.05, 4.69) is 15.1 Å². The molecule has 3 heterocycles. The predicted octanol–water partition coefficient (Wildman–Crippen LogP) is 1.75. The molecule has 114 valence electrons. The Morgan fingerprint density at radius 2 is 2.00 bits per heavy atom. The number of fused-ring (bicyclic) bond motifs is 3. The fourth-order valence-electron chi connectivity index (χ4n) is 2.76.